The van der Waals surface area contributed by atoms with Crippen molar-refractivity contribution in [3.63, 3.8) is 0 Å². The van der Waals surface area contributed by atoms with Crippen LogP contribution in [0.2, 0.25) is 0 Å². The summed E-state index contributed by atoms with van der Waals surface area (Å²) in [5, 5.41) is 0. The van der Waals surface area contributed by atoms with Gasteiger partial charge in [-0.3, -0.25) is 4.90 Å². The minimum atomic E-state index is -0.148. The van der Waals surface area contributed by atoms with Crippen LogP contribution in [0.5, 0.6) is 0 Å². The number of rotatable bonds is 3. The Labute approximate surface area is 108 Å². The van der Waals surface area contributed by atoms with Gasteiger partial charge in [0.15, 0.2) is 0 Å². The van der Waals surface area contributed by atoms with Crippen LogP contribution in [0.1, 0.15) is 42.4 Å². The Balaban J connectivity index is 1.90. The van der Waals surface area contributed by atoms with Crippen LogP contribution in [0.3, 0.4) is 0 Å². The van der Waals surface area contributed by atoms with Gasteiger partial charge in [-0.25, -0.2) is 4.39 Å². The molecular weight excluding hydrogens is 227 g/mol. The van der Waals surface area contributed by atoms with Crippen molar-refractivity contribution in [1.29, 1.82) is 0 Å². The molecule has 2 saturated heterocycles. The SMILES string of the molecule is Cc1ccc(F)c(CN)c1CN1C2CCC1CC2. The molecule has 2 fully saturated rings. The second-order valence-electron chi connectivity index (χ2n) is 5.66. The first-order valence-corrected chi connectivity index (χ1v) is 6.93. The van der Waals surface area contributed by atoms with E-state index in [1.165, 1.54) is 31.2 Å². The fourth-order valence-corrected chi connectivity index (χ4v) is 3.68. The van der Waals surface area contributed by atoms with Crippen LogP contribution in [-0.4, -0.2) is 17.0 Å². The molecule has 3 heteroatoms. The average molecular weight is 248 g/mol. The summed E-state index contributed by atoms with van der Waals surface area (Å²) in [7, 11) is 0. The number of hydrogen-bond donors (Lipinski definition) is 1. The van der Waals surface area contributed by atoms with E-state index in [4.69, 9.17) is 5.73 Å². The van der Waals surface area contributed by atoms with E-state index in [9.17, 15) is 4.39 Å². The summed E-state index contributed by atoms with van der Waals surface area (Å²) in [5.41, 5.74) is 8.72. The van der Waals surface area contributed by atoms with E-state index in [-0.39, 0.29) is 5.82 Å². The van der Waals surface area contributed by atoms with E-state index < -0.39 is 0 Å². The minimum absolute atomic E-state index is 0.148. The van der Waals surface area contributed by atoms with Gasteiger partial charge in [0.05, 0.1) is 0 Å². The van der Waals surface area contributed by atoms with Crippen molar-refractivity contribution in [2.45, 2.75) is 57.8 Å². The van der Waals surface area contributed by atoms with Gasteiger partial charge < -0.3 is 5.73 Å². The van der Waals surface area contributed by atoms with Crippen molar-refractivity contribution in [1.82, 2.24) is 4.90 Å². The Kier molecular flexibility index (Phi) is 3.12. The lowest BCUT2D eigenvalue weighted by Gasteiger charge is -2.24. The lowest BCUT2D eigenvalue weighted by Crippen LogP contribution is -2.29. The molecule has 2 N–H and O–H groups in total. The van der Waals surface area contributed by atoms with Crippen LogP contribution in [0, 0.1) is 12.7 Å². The zero-order valence-corrected chi connectivity index (χ0v) is 11.0. The summed E-state index contributed by atoms with van der Waals surface area (Å²) in [6.45, 7) is 3.24. The van der Waals surface area contributed by atoms with Crippen molar-refractivity contribution < 1.29 is 4.39 Å². The highest BCUT2D eigenvalue weighted by Gasteiger charge is 2.39. The molecule has 98 valence electrons. The van der Waals surface area contributed by atoms with E-state index in [1.807, 2.05) is 6.07 Å². The minimum Gasteiger partial charge on any atom is -0.326 e. The van der Waals surface area contributed by atoms with Gasteiger partial charge in [-0.1, -0.05) is 6.07 Å². The summed E-state index contributed by atoms with van der Waals surface area (Å²) in [4.78, 5) is 2.57. The summed E-state index contributed by atoms with van der Waals surface area (Å²) < 4.78 is 13.8. The Morgan fingerprint density at radius 1 is 1.17 bits per heavy atom. The maximum Gasteiger partial charge on any atom is 0.128 e. The van der Waals surface area contributed by atoms with Crippen LogP contribution >= 0.6 is 0 Å². The van der Waals surface area contributed by atoms with Crippen molar-refractivity contribution in [3.8, 4) is 0 Å². The van der Waals surface area contributed by atoms with Crippen LogP contribution < -0.4 is 5.73 Å². The van der Waals surface area contributed by atoms with Crippen LogP contribution in [0.15, 0.2) is 12.1 Å². The number of fused-ring (bicyclic) bond motifs is 2. The van der Waals surface area contributed by atoms with Gasteiger partial charge in [-0.05, 0) is 49.8 Å². The molecule has 2 aliphatic rings. The highest BCUT2D eigenvalue weighted by Crippen LogP contribution is 2.39. The molecule has 0 aromatic heterocycles. The monoisotopic (exact) mass is 248 g/mol. The molecule has 0 radical (unpaired) electrons. The van der Waals surface area contributed by atoms with Crippen LogP contribution in [0.4, 0.5) is 4.39 Å². The molecule has 2 nitrogen and oxygen atoms in total. The van der Waals surface area contributed by atoms with Gasteiger partial charge in [-0.15, -0.1) is 0 Å². The predicted octanol–water partition coefficient (Wildman–Crippen LogP) is 2.72. The lowest BCUT2D eigenvalue weighted by molar-refractivity contribution is 0.242. The van der Waals surface area contributed by atoms with Gasteiger partial charge >= 0.3 is 0 Å². The first-order valence-electron chi connectivity index (χ1n) is 6.93. The largest absolute Gasteiger partial charge is 0.326 e. The van der Waals surface area contributed by atoms with Crippen LogP contribution in [0.25, 0.3) is 0 Å². The summed E-state index contributed by atoms with van der Waals surface area (Å²) in [6, 6.07) is 4.87. The number of aryl methyl sites for hydroxylation is 1. The molecule has 0 saturated carbocycles. The number of nitrogens with zero attached hydrogens (tertiary/aromatic N) is 1. The second-order valence-corrected chi connectivity index (χ2v) is 5.66. The first-order chi connectivity index (χ1) is 8.70. The average Bonchev–Trinajstić information content (AvgIpc) is 2.94. The predicted molar refractivity (Wildman–Crippen MR) is 70.6 cm³/mol. The molecule has 0 aliphatic carbocycles. The molecule has 0 spiro atoms. The smallest absolute Gasteiger partial charge is 0.128 e. The van der Waals surface area contributed by atoms with E-state index in [0.717, 1.165) is 24.2 Å². The van der Waals surface area contributed by atoms with Crippen molar-refractivity contribution in [2.75, 3.05) is 0 Å². The van der Waals surface area contributed by atoms with Crippen molar-refractivity contribution in [2.24, 2.45) is 5.73 Å². The Bertz CT molecular complexity index is 438. The maximum absolute atomic E-state index is 13.8. The Morgan fingerprint density at radius 3 is 2.33 bits per heavy atom. The summed E-state index contributed by atoms with van der Waals surface area (Å²) in [5.74, 6) is -0.148. The molecule has 0 atom stereocenters. The van der Waals surface area contributed by atoms with Gasteiger partial charge in [0.25, 0.3) is 0 Å². The highest BCUT2D eigenvalue weighted by molar-refractivity contribution is 5.36. The normalized spacial score (nSPS) is 27.1. The standard InChI is InChI=1S/C15H21FN2/c1-10-2-7-15(16)13(8-17)14(10)9-18-11-3-4-12(18)6-5-11/h2,7,11-12H,3-6,8-9,17H2,1H3. The number of nitrogens with two attached hydrogens (primary N) is 1. The number of halogens is 1. The molecule has 2 aliphatic heterocycles. The number of hydrogen-bond acceptors (Lipinski definition) is 2. The molecule has 2 heterocycles. The van der Waals surface area contributed by atoms with Gasteiger partial charge in [-0.2, -0.15) is 0 Å². The molecule has 1 aromatic rings. The molecule has 0 amide bonds. The molecule has 18 heavy (non-hydrogen) atoms. The topological polar surface area (TPSA) is 29.3 Å². The second kappa shape index (κ2) is 4.63. The van der Waals surface area contributed by atoms with Gasteiger partial charge in [0.2, 0.25) is 0 Å². The zero-order valence-electron chi connectivity index (χ0n) is 11.0. The van der Waals surface area contributed by atoms with E-state index >= 15 is 0 Å². The van der Waals surface area contributed by atoms with Gasteiger partial charge in [0.1, 0.15) is 5.82 Å². The highest BCUT2D eigenvalue weighted by atomic mass is 19.1. The van der Waals surface area contributed by atoms with Crippen molar-refractivity contribution >= 4 is 0 Å². The van der Waals surface area contributed by atoms with E-state index in [1.54, 1.807) is 6.07 Å². The fraction of sp³-hybridized carbons (Fsp3) is 0.600. The van der Waals surface area contributed by atoms with Crippen LogP contribution in [-0.2, 0) is 13.1 Å². The van der Waals surface area contributed by atoms with E-state index in [0.29, 0.717) is 12.1 Å². The number of benzene rings is 1. The summed E-state index contributed by atoms with van der Waals surface area (Å²) >= 11 is 0. The molecule has 0 unspecified atom stereocenters. The summed E-state index contributed by atoms with van der Waals surface area (Å²) in [6.07, 6.45) is 5.27. The van der Waals surface area contributed by atoms with Gasteiger partial charge in [0, 0.05) is 30.7 Å². The Morgan fingerprint density at radius 2 is 1.78 bits per heavy atom. The third-order valence-electron chi connectivity index (χ3n) is 4.76. The molecular formula is C15H21FN2. The van der Waals surface area contributed by atoms with E-state index in [2.05, 4.69) is 11.8 Å². The first kappa shape index (κ1) is 12.1. The molecule has 3 rings (SSSR count). The third kappa shape index (κ3) is 1.86. The zero-order chi connectivity index (χ0) is 12.7. The quantitative estimate of drug-likeness (QED) is 0.891. The Hall–Kier alpha value is -0.930. The fourth-order valence-electron chi connectivity index (χ4n) is 3.68. The lowest BCUT2D eigenvalue weighted by atomic mass is 10.0. The molecule has 1 aromatic carbocycles. The maximum atomic E-state index is 13.8. The molecule has 2 bridgehead atoms. The van der Waals surface area contributed by atoms with Crippen molar-refractivity contribution in [3.05, 3.63) is 34.6 Å². The third-order valence-corrected chi connectivity index (χ3v) is 4.76.